The predicted molar refractivity (Wildman–Crippen MR) is 118 cm³/mol. The van der Waals surface area contributed by atoms with E-state index in [2.05, 4.69) is 15.0 Å². The Labute approximate surface area is 181 Å². The number of aromatic nitrogens is 3. The minimum atomic E-state index is -0.437. The number of aromatic amines is 2. The van der Waals surface area contributed by atoms with Gasteiger partial charge in [0.05, 0.1) is 29.0 Å². The Balaban J connectivity index is 1.55. The number of hydrogen-bond acceptors (Lipinski definition) is 7. The number of nitrogens with one attached hydrogen (secondary N) is 2. The number of nitrogens with zero attached hydrogens (tertiary/aromatic N) is 1. The number of H-pyrrole nitrogens is 2. The second-order valence-electron chi connectivity index (χ2n) is 7.32. The molecule has 0 aliphatic heterocycles. The Morgan fingerprint density at radius 1 is 1.20 bits per heavy atom. The molecule has 0 saturated carbocycles. The summed E-state index contributed by atoms with van der Waals surface area (Å²) in [6, 6.07) is 0. The Kier molecular flexibility index (Phi) is 5.84. The summed E-state index contributed by atoms with van der Waals surface area (Å²) < 4.78 is 5.08. The van der Waals surface area contributed by atoms with Gasteiger partial charge in [-0.3, -0.25) is 9.59 Å². The number of hydrogen-bond donors (Lipinski definition) is 2. The van der Waals surface area contributed by atoms with E-state index in [0.29, 0.717) is 33.1 Å². The van der Waals surface area contributed by atoms with Gasteiger partial charge in [-0.25, -0.2) is 9.78 Å². The van der Waals surface area contributed by atoms with Crippen LogP contribution in [0.3, 0.4) is 0 Å². The number of ether oxygens (including phenoxy) is 1. The first-order valence-electron chi connectivity index (χ1n) is 9.97. The summed E-state index contributed by atoms with van der Waals surface area (Å²) in [5.74, 6) is -0.499. The van der Waals surface area contributed by atoms with Gasteiger partial charge in [-0.1, -0.05) is 11.8 Å². The van der Waals surface area contributed by atoms with E-state index in [0.717, 1.165) is 36.1 Å². The second-order valence-corrected chi connectivity index (χ2v) is 9.37. The fraction of sp³-hybridized carbons (Fsp3) is 0.429. The molecule has 9 heteroatoms. The van der Waals surface area contributed by atoms with Crippen LogP contribution >= 0.6 is 23.1 Å². The molecule has 0 atom stereocenters. The van der Waals surface area contributed by atoms with Gasteiger partial charge in [0.2, 0.25) is 0 Å². The molecule has 2 N–H and O–H groups in total. The van der Waals surface area contributed by atoms with Crippen molar-refractivity contribution >= 4 is 45.1 Å². The van der Waals surface area contributed by atoms with Crippen molar-refractivity contribution in [3.05, 3.63) is 43.3 Å². The summed E-state index contributed by atoms with van der Waals surface area (Å²) >= 11 is 2.78. The molecule has 0 bridgehead atoms. The molecule has 3 aromatic heterocycles. The quantitative estimate of drug-likeness (QED) is 0.258. The van der Waals surface area contributed by atoms with E-state index < -0.39 is 5.97 Å². The Morgan fingerprint density at radius 2 is 1.97 bits per heavy atom. The molecule has 0 spiro atoms. The van der Waals surface area contributed by atoms with E-state index in [4.69, 9.17) is 4.74 Å². The maximum Gasteiger partial charge on any atom is 0.340 e. The lowest BCUT2D eigenvalue weighted by Crippen LogP contribution is -2.12. The summed E-state index contributed by atoms with van der Waals surface area (Å²) in [5, 5.41) is 1.14. The topological polar surface area (TPSA) is 105 Å². The van der Waals surface area contributed by atoms with Crippen LogP contribution in [0.2, 0.25) is 0 Å². The SMILES string of the molecule is CCOC(=O)c1c(C)[nH]c(C(=O)CSc2nc3sc4c(c3c(=O)[nH]2)CCCC4)c1C. The van der Waals surface area contributed by atoms with Crippen LogP contribution in [0.1, 0.15) is 62.3 Å². The van der Waals surface area contributed by atoms with E-state index in [1.165, 1.54) is 16.6 Å². The van der Waals surface area contributed by atoms with E-state index in [-0.39, 0.29) is 23.7 Å². The van der Waals surface area contributed by atoms with Crippen molar-refractivity contribution in [2.45, 2.75) is 51.6 Å². The fourth-order valence-electron chi connectivity index (χ4n) is 3.96. The van der Waals surface area contributed by atoms with Crippen LogP contribution in [-0.4, -0.2) is 39.1 Å². The number of aryl methyl sites for hydroxylation is 3. The first-order valence-corrected chi connectivity index (χ1v) is 11.8. The molecule has 30 heavy (non-hydrogen) atoms. The van der Waals surface area contributed by atoms with Crippen LogP contribution in [0.15, 0.2) is 9.95 Å². The van der Waals surface area contributed by atoms with Gasteiger partial charge in [0.25, 0.3) is 5.56 Å². The Bertz CT molecular complexity index is 1210. The number of carbonyl (C=O) groups excluding carboxylic acids is 2. The third-order valence-corrected chi connectivity index (χ3v) is 7.40. The van der Waals surface area contributed by atoms with Gasteiger partial charge < -0.3 is 14.7 Å². The standard InChI is InChI=1S/C21H23N3O4S2/c1-4-28-20(27)15-10(2)17(22-11(15)3)13(25)9-29-21-23-18(26)16-12-7-5-6-8-14(12)30-19(16)24-21/h22H,4-9H2,1-3H3,(H,23,24,26). The summed E-state index contributed by atoms with van der Waals surface area (Å²) in [6.45, 7) is 5.49. The average Bonchev–Trinajstić information content (AvgIpc) is 3.23. The second kappa shape index (κ2) is 8.39. The number of thiophene rings is 1. The molecule has 4 rings (SSSR count). The highest BCUT2D eigenvalue weighted by Gasteiger charge is 2.24. The predicted octanol–water partition coefficient (Wildman–Crippen LogP) is 3.96. The molecule has 0 radical (unpaired) electrons. The van der Waals surface area contributed by atoms with E-state index in [1.54, 1.807) is 32.1 Å². The summed E-state index contributed by atoms with van der Waals surface area (Å²) in [5.41, 5.74) is 2.99. The zero-order valence-electron chi connectivity index (χ0n) is 17.1. The zero-order chi connectivity index (χ0) is 21.4. The van der Waals surface area contributed by atoms with Gasteiger partial charge in [-0.05, 0) is 57.6 Å². The largest absolute Gasteiger partial charge is 0.462 e. The van der Waals surface area contributed by atoms with Crippen LogP contribution in [0.5, 0.6) is 0 Å². The lowest BCUT2D eigenvalue weighted by atomic mass is 9.97. The van der Waals surface area contributed by atoms with Crippen molar-refractivity contribution in [2.75, 3.05) is 12.4 Å². The molecule has 3 aromatic rings. The van der Waals surface area contributed by atoms with Gasteiger partial charge in [0.1, 0.15) is 4.83 Å². The molecule has 0 amide bonds. The number of ketones is 1. The molecule has 0 aromatic carbocycles. The van der Waals surface area contributed by atoms with Crippen molar-refractivity contribution in [1.82, 2.24) is 15.0 Å². The number of carbonyl (C=O) groups is 2. The molecule has 1 aliphatic carbocycles. The molecule has 0 unspecified atom stereocenters. The summed E-state index contributed by atoms with van der Waals surface area (Å²) in [4.78, 5) is 50.0. The van der Waals surface area contributed by atoms with E-state index >= 15 is 0 Å². The van der Waals surface area contributed by atoms with Crippen LogP contribution in [-0.2, 0) is 17.6 Å². The van der Waals surface area contributed by atoms with Crippen molar-refractivity contribution < 1.29 is 14.3 Å². The molecule has 0 saturated heterocycles. The smallest absolute Gasteiger partial charge is 0.340 e. The minimum Gasteiger partial charge on any atom is -0.462 e. The zero-order valence-corrected chi connectivity index (χ0v) is 18.8. The lowest BCUT2D eigenvalue weighted by molar-refractivity contribution is 0.0525. The monoisotopic (exact) mass is 445 g/mol. The van der Waals surface area contributed by atoms with Crippen molar-refractivity contribution in [2.24, 2.45) is 0 Å². The number of rotatable bonds is 6. The first kappa shape index (κ1) is 20.9. The van der Waals surface area contributed by atoms with Crippen molar-refractivity contribution in [1.29, 1.82) is 0 Å². The third-order valence-electron chi connectivity index (χ3n) is 5.34. The molecule has 0 fully saturated rings. The first-order chi connectivity index (χ1) is 14.4. The van der Waals surface area contributed by atoms with Crippen LogP contribution < -0.4 is 5.56 Å². The van der Waals surface area contributed by atoms with Gasteiger partial charge >= 0.3 is 5.97 Å². The molecule has 158 valence electrons. The molecule has 3 heterocycles. The van der Waals surface area contributed by atoms with Crippen molar-refractivity contribution in [3.63, 3.8) is 0 Å². The molecular weight excluding hydrogens is 422 g/mol. The molecular formula is C21H23N3O4S2. The molecule has 1 aliphatic rings. The number of Topliss-reactive ketones (excluding diaryl/α,β-unsaturated/α-hetero) is 1. The number of fused-ring (bicyclic) bond motifs is 3. The summed E-state index contributed by atoms with van der Waals surface area (Å²) in [6.07, 6.45) is 4.19. The van der Waals surface area contributed by atoms with Crippen molar-refractivity contribution in [3.8, 4) is 0 Å². The lowest BCUT2D eigenvalue weighted by Gasteiger charge is -2.09. The van der Waals surface area contributed by atoms with Crippen LogP contribution in [0.4, 0.5) is 0 Å². The van der Waals surface area contributed by atoms with E-state index in [9.17, 15) is 14.4 Å². The minimum absolute atomic E-state index is 0.0998. The van der Waals surface area contributed by atoms with Crippen LogP contribution in [0.25, 0.3) is 10.2 Å². The fourth-order valence-corrected chi connectivity index (χ4v) is 6.01. The Hall–Kier alpha value is -2.39. The highest BCUT2D eigenvalue weighted by molar-refractivity contribution is 7.99. The van der Waals surface area contributed by atoms with E-state index in [1.807, 2.05) is 0 Å². The van der Waals surface area contributed by atoms with Crippen LogP contribution in [0, 0.1) is 13.8 Å². The average molecular weight is 446 g/mol. The van der Waals surface area contributed by atoms with Gasteiger partial charge in [-0.2, -0.15) is 0 Å². The maximum absolute atomic E-state index is 12.8. The molecule has 7 nitrogen and oxygen atoms in total. The normalized spacial score (nSPS) is 13.4. The highest BCUT2D eigenvalue weighted by Crippen LogP contribution is 2.34. The highest BCUT2D eigenvalue weighted by atomic mass is 32.2. The Morgan fingerprint density at radius 3 is 2.73 bits per heavy atom. The van der Waals surface area contributed by atoms with Gasteiger partial charge in [0, 0.05) is 10.6 Å². The van der Waals surface area contributed by atoms with Gasteiger partial charge in [-0.15, -0.1) is 11.3 Å². The number of esters is 1. The third kappa shape index (κ3) is 3.72. The van der Waals surface area contributed by atoms with Gasteiger partial charge in [0.15, 0.2) is 10.9 Å². The maximum atomic E-state index is 12.8. The number of thioether (sulfide) groups is 1. The summed E-state index contributed by atoms with van der Waals surface area (Å²) in [7, 11) is 0.